The Bertz CT molecular complexity index is 1110. The molecule has 0 spiro atoms. The van der Waals surface area contributed by atoms with Gasteiger partial charge in [0.25, 0.3) is 5.91 Å². The summed E-state index contributed by atoms with van der Waals surface area (Å²) in [5, 5.41) is 10.1. The van der Waals surface area contributed by atoms with Gasteiger partial charge in [0.05, 0.1) is 11.4 Å². The second-order valence-corrected chi connectivity index (χ2v) is 7.14. The summed E-state index contributed by atoms with van der Waals surface area (Å²) in [6.07, 6.45) is 0.380. The number of benzodiazepines with no additional fused rings is 1. The lowest BCUT2D eigenvalue weighted by molar-refractivity contribution is -0.123. The molecule has 150 valence electrons. The summed E-state index contributed by atoms with van der Waals surface area (Å²) in [6.45, 7) is -0.293. The molecule has 0 bridgehead atoms. The van der Waals surface area contributed by atoms with E-state index in [0.717, 1.165) is 11.1 Å². The molecule has 0 radical (unpaired) electrons. The minimum Gasteiger partial charge on any atom is -0.508 e. The van der Waals surface area contributed by atoms with Crippen molar-refractivity contribution in [3.63, 3.8) is 0 Å². The van der Waals surface area contributed by atoms with Gasteiger partial charge < -0.3 is 15.7 Å². The van der Waals surface area contributed by atoms with Gasteiger partial charge in [-0.1, -0.05) is 60.7 Å². The molecular formula is C24H21N3O3. The van der Waals surface area contributed by atoms with Crippen LogP contribution in [-0.2, 0) is 16.0 Å². The Hall–Kier alpha value is -3.93. The first-order valence-electron chi connectivity index (χ1n) is 9.63. The molecule has 1 atom stereocenters. The molecule has 0 fully saturated rings. The lowest BCUT2D eigenvalue weighted by atomic mass is 10.00. The van der Waals surface area contributed by atoms with Crippen LogP contribution in [0.3, 0.4) is 0 Å². The average Bonchev–Trinajstić information content (AvgIpc) is 2.85. The van der Waals surface area contributed by atoms with Crippen LogP contribution in [0.2, 0.25) is 0 Å². The Morgan fingerprint density at radius 3 is 2.33 bits per heavy atom. The molecule has 30 heavy (non-hydrogen) atoms. The van der Waals surface area contributed by atoms with Gasteiger partial charge in [-0.25, -0.2) is 0 Å². The minimum absolute atomic E-state index is 0.00931. The maximum absolute atomic E-state index is 13.5. The number of primary amides is 1. The van der Waals surface area contributed by atoms with Crippen LogP contribution in [0.5, 0.6) is 5.75 Å². The third-order valence-electron chi connectivity index (χ3n) is 5.00. The van der Waals surface area contributed by atoms with E-state index in [-0.39, 0.29) is 18.2 Å². The van der Waals surface area contributed by atoms with Gasteiger partial charge in [0.2, 0.25) is 5.91 Å². The summed E-state index contributed by atoms with van der Waals surface area (Å²) in [4.78, 5) is 31.4. The van der Waals surface area contributed by atoms with E-state index in [0.29, 0.717) is 23.4 Å². The molecule has 2 amide bonds. The second-order valence-electron chi connectivity index (χ2n) is 7.14. The van der Waals surface area contributed by atoms with Crippen molar-refractivity contribution in [2.45, 2.75) is 12.5 Å². The molecule has 1 aliphatic heterocycles. The number of amides is 2. The summed E-state index contributed by atoms with van der Waals surface area (Å²) >= 11 is 0. The summed E-state index contributed by atoms with van der Waals surface area (Å²) in [5.41, 5.74) is 8.95. The van der Waals surface area contributed by atoms with Crippen molar-refractivity contribution in [3.05, 3.63) is 95.6 Å². The molecule has 4 rings (SSSR count). The number of benzene rings is 3. The van der Waals surface area contributed by atoms with Crippen LogP contribution in [0.4, 0.5) is 5.69 Å². The Morgan fingerprint density at radius 2 is 1.67 bits per heavy atom. The number of carbonyl (C=O) groups is 2. The molecule has 6 nitrogen and oxygen atoms in total. The quantitative estimate of drug-likeness (QED) is 0.690. The number of carbonyl (C=O) groups excluding carboxylic acids is 2. The zero-order valence-corrected chi connectivity index (χ0v) is 16.2. The number of fused-ring (bicyclic) bond motifs is 1. The monoisotopic (exact) mass is 399 g/mol. The van der Waals surface area contributed by atoms with Crippen LogP contribution in [0.25, 0.3) is 0 Å². The molecule has 6 heteroatoms. The molecule has 0 saturated heterocycles. The molecule has 0 aromatic heterocycles. The number of phenolic OH excluding ortho intramolecular Hbond substituents is 1. The topological polar surface area (TPSA) is 96.0 Å². The van der Waals surface area contributed by atoms with Crippen LogP contribution in [0, 0.1) is 0 Å². The number of nitrogens with zero attached hydrogens (tertiary/aromatic N) is 2. The Morgan fingerprint density at radius 1 is 1.00 bits per heavy atom. The number of nitrogens with two attached hydrogens (primary N) is 1. The standard InChI is InChI=1S/C24H21N3O3/c25-22(29)15-27-21-14-18(28)11-12-19(21)23(17-9-5-2-6-10-17)26-20(24(27)30)13-16-7-3-1-4-8-16/h1-12,14,20,28H,13,15H2,(H2,25,29). The molecule has 0 aliphatic carbocycles. The van der Waals surface area contributed by atoms with Gasteiger partial charge in [-0.05, 0) is 17.7 Å². The molecule has 0 saturated carbocycles. The van der Waals surface area contributed by atoms with Gasteiger partial charge >= 0.3 is 0 Å². The van der Waals surface area contributed by atoms with Crippen molar-refractivity contribution < 1.29 is 14.7 Å². The number of aliphatic imine (C=N–C) groups is 1. The van der Waals surface area contributed by atoms with E-state index in [1.807, 2.05) is 60.7 Å². The van der Waals surface area contributed by atoms with Crippen molar-refractivity contribution in [2.75, 3.05) is 11.4 Å². The zero-order chi connectivity index (χ0) is 21.1. The van der Waals surface area contributed by atoms with Crippen LogP contribution in [-0.4, -0.2) is 35.2 Å². The Labute approximate surface area is 174 Å². The lowest BCUT2D eigenvalue weighted by Gasteiger charge is -2.24. The minimum atomic E-state index is -0.739. The second kappa shape index (κ2) is 8.21. The van der Waals surface area contributed by atoms with E-state index in [1.165, 1.54) is 11.0 Å². The van der Waals surface area contributed by atoms with Crippen molar-refractivity contribution in [1.29, 1.82) is 0 Å². The van der Waals surface area contributed by atoms with Gasteiger partial charge in [-0.3, -0.25) is 14.6 Å². The van der Waals surface area contributed by atoms with E-state index in [4.69, 9.17) is 10.7 Å². The normalized spacial score (nSPS) is 15.9. The first-order chi connectivity index (χ1) is 14.5. The molecule has 3 aromatic carbocycles. The summed E-state index contributed by atoms with van der Waals surface area (Å²) in [7, 11) is 0. The van der Waals surface area contributed by atoms with Crippen molar-refractivity contribution in [2.24, 2.45) is 10.7 Å². The number of anilines is 1. The van der Waals surface area contributed by atoms with Crippen LogP contribution in [0.15, 0.2) is 83.9 Å². The highest BCUT2D eigenvalue weighted by atomic mass is 16.3. The smallest absolute Gasteiger partial charge is 0.252 e. The predicted octanol–water partition coefficient (Wildman–Crippen LogP) is 2.67. The van der Waals surface area contributed by atoms with E-state index in [2.05, 4.69) is 0 Å². The Kier molecular flexibility index (Phi) is 5.30. The van der Waals surface area contributed by atoms with Crippen LogP contribution in [0.1, 0.15) is 16.7 Å². The highest BCUT2D eigenvalue weighted by Gasteiger charge is 2.33. The number of hydrogen-bond acceptors (Lipinski definition) is 4. The lowest BCUT2D eigenvalue weighted by Crippen LogP contribution is -2.43. The fraction of sp³-hybridized carbons (Fsp3) is 0.125. The first kappa shape index (κ1) is 19.4. The van der Waals surface area contributed by atoms with Gasteiger partial charge in [-0.15, -0.1) is 0 Å². The number of hydrogen-bond donors (Lipinski definition) is 2. The highest BCUT2D eigenvalue weighted by Crippen LogP contribution is 2.32. The molecule has 1 aliphatic rings. The molecular weight excluding hydrogens is 378 g/mol. The fourth-order valence-corrected chi connectivity index (χ4v) is 3.64. The van der Waals surface area contributed by atoms with Crippen LogP contribution >= 0.6 is 0 Å². The molecule has 3 N–H and O–H groups in total. The van der Waals surface area contributed by atoms with Crippen molar-refractivity contribution in [3.8, 4) is 5.75 Å². The number of aromatic hydroxyl groups is 1. The van der Waals surface area contributed by atoms with E-state index >= 15 is 0 Å². The van der Waals surface area contributed by atoms with E-state index in [9.17, 15) is 14.7 Å². The zero-order valence-electron chi connectivity index (χ0n) is 16.2. The maximum atomic E-state index is 13.5. The van der Waals surface area contributed by atoms with Crippen molar-refractivity contribution in [1.82, 2.24) is 0 Å². The van der Waals surface area contributed by atoms with Crippen molar-refractivity contribution >= 4 is 23.2 Å². The number of phenols is 1. The van der Waals surface area contributed by atoms with Crippen LogP contribution < -0.4 is 10.6 Å². The Balaban J connectivity index is 1.90. The maximum Gasteiger partial charge on any atom is 0.252 e. The summed E-state index contributed by atoms with van der Waals surface area (Å²) in [6, 6.07) is 23.1. The molecule has 1 unspecified atom stereocenters. The highest BCUT2D eigenvalue weighted by molar-refractivity contribution is 6.20. The third kappa shape index (κ3) is 3.93. The van der Waals surface area contributed by atoms with Gasteiger partial charge in [0.1, 0.15) is 18.3 Å². The fourth-order valence-electron chi connectivity index (χ4n) is 3.64. The van der Waals surface area contributed by atoms with Gasteiger partial charge in [0, 0.05) is 23.6 Å². The number of rotatable bonds is 5. The molecule has 1 heterocycles. The average molecular weight is 399 g/mol. The largest absolute Gasteiger partial charge is 0.508 e. The first-order valence-corrected chi connectivity index (χ1v) is 9.63. The summed E-state index contributed by atoms with van der Waals surface area (Å²) < 4.78 is 0. The van der Waals surface area contributed by atoms with Gasteiger partial charge in [0.15, 0.2) is 0 Å². The third-order valence-corrected chi connectivity index (χ3v) is 5.00. The molecule has 3 aromatic rings. The SMILES string of the molecule is NC(=O)CN1C(=O)C(Cc2ccccc2)N=C(c2ccccc2)c2ccc(O)cc21. The summed E-state index contributed by atoms with van der Waals surface area (Å²) in [5.74, 6) is -0.986. The predicted molar refractivity (Wildman–Crippen MR) is 116 cm³/mol. The van der Waals surface area contributed by atoms with E-state index in [1.54, 1.807) is 12.1 Å². The van der Waals surface area contributed by atoms with Gasteiger partial charge in [-0.2, -0.15) is 0 Å². The van der Waals surface area contributed by atoms with E-state index < -0.39 is 11.9 Å².